The maximum Gasteiger partial charge on any atom is 0.251 e. The van der Waals surface area contributed by atoms with Crippen LogP contribution in [0.25, 0.3) is 0 Å². The number of benzene rings is 1. The number of nitrogens with one attached hydrogen (secondary N) is 1. The van der Waals surface area contributed by atoms with Crippen molar-refractivity contribution >= 4 is 5.91 Å². The van der Waals surface area contributed by atoms with Crippen molar-refractivity contribution in [2.75, 3.05) is 6.61 Å². The molecule has 1 amide bonds. The van der Waals surface area contributed by atoms with Gasteiger partial charge in [-0.15, -0.1) is 0 Å². The summed E-state index contributed by atoms with van der Waals surface area (Å²) in [5, 5.41) is 40.7. The van der Waals surface area contributed by atoms with E-state index in [0.717, 1.165) is 0 Å². The number of aliphatic hydroxyl groups excluding tert-OH is 4. The Kier molecular flexibility index (Phi) is 4.69. The minimum atomic E-state index is -1.52. The Hall–Kier alpha value is -1.51. The van der Waals surface area contributed by atoms with Gasteiger partial charge in [0, 0.05) is 5.56 Å². The Morgan fingerprint density at radius 2 is 1.80 bits per heavy atom. The van der Waals surface area contributed by atoms with E-state index < -0.39 is 43.2 Å². The van der Waals surface area contributed by atoms with Crippen molar-refractivity contribution in [2.24, 2.45) is 0 Å². The van der Waals surface area contributed by atoms with Crippen molar-refractivity contribution in [1.29, 1.82) is 0 Å². The summed E-state index contributed by atoms with van der Waals surface area (Å²) in [4.78, 5) is 11.9. The van der Waals surface area contributed by atoms with Crippen LogP contribution >= 0.6 is 0 Å². The van der Waals surface area contributed by atoms with Crippen molar-refractivity contribution in [3.63, 3.8) is 0 Å². The molecule has 2 rings (SSSR count). The Labute approximate surface area is 115 Å². The number of ether oxygens (including phenoxy) is 1. The fourth-order valence-electron chi connectivity index (χ4n) is 2.08. The molecule has 0 saturated carbocycles. The lowest BCUT2D eigenvalue weighted by molar-refractivity contribution is -0.252. The van der Waals surface area contributed by atoms with Gasteiger partial charge in [-0.2, -0.15) is 0 Å². The second kappa shape index (κ2) is 6.29. The molecule has 1 aromatic rings. The first kappa shape index (κ1) is 14.9. The molecule has 0 bridgehead atoms. The van der Waals surface area contributed by atoms with Crippen LogP contribution in [0.15, 0.2) is 30.3 Å². The SMILES string of the molecule is O=C(N[C@@H]1C(O)O[C@H](CO)[C@@H](O)[C@@H]1O)c1ccccc1. The average Bonchev–Trinajstić information content (AvgIpc) is 2.48. The first-order valence-electron chi connectivity index (χ1n) is 6.21. The van der Waals surface area contributed by atoms with Gasteiger partial charge in [-0.25, -0.2) is 0 Å². The van der Waals surface area contributed by atoms with E-state index in [9.17, 15) is 20.1 Å². The number of carbonyl (C=O) groups excluding carboxylic acids is 1. The summed E-state index contributed by atoms with van der Waals surface area (Å²) in [7, 11) is 0. The highest BCUT2D eigenvalue weighted by molar-refractivity contribution is 5.94. The van der Waals surface area contributed by atoms with Crippen LogP contribution in [-0.4, -0.2) is 63.6 Å². The lowest BCUT2D eigenvalue weighted by Crippen LogP contribution is -2.64. The number of hydrogen-bond donors (Lipinski definition) is 5. The largest absolute Gasteiger partial charge is 0.394 e. The quantitative estimate of drug-likeness (QED) is 0.447. The summed E-state index contributed by atoms with van der Waals surface area (Å²) in [5.41, 5.74) is 0.352. The Bertz CT molecular complexity index is 453. The van der Waals surface area contributed by atoms with E-state index in [4.69, 9.17) is 9.84 Å². The molecule has 1 fully saturated rings. The van der Waals surface area contributed by atoms with Crippen LogP contribution in [0, 0.1) is 0 Å². The Morgan fingerprint density at radius 3 is 2.40 bits per heavy atom. The van der Waals surface area contributed by atoms with E-state index in [1.54, 1.807) is 30.3 Å². The molecule has 0 aromatic heterocycles. The highest BCUT2D eigenvalue weighted by Gasteiger charge is 2.44. The molecule has 1 saturated heterocycles. The Balaban J connectivity index is 2.07. The second-order valence-electron chi connectivity index (χ2n) is 4.59. The van der Waals surface area contributed by atoms with Crippen LogP contribution in [0.1, 0.15) is 10.4 Å². The normalized spacial score (nSPS) is 33.7. The monoisotopic (exact) mass is 283 g/mol. The molecule has 20 heavy (non-hydrogen) atoms. The van der Waals surface area contributed by atoms with E-state index in [2.05, 4.69) is 5.32 Å². The summed E-state index contributed by atoms with van der Waals surface area (Å²) in [6, 6.07) is 7.07. The lowest BCUT2D eigenvalue weighted by atomic mass is 9.97. The molecule has 1 unspecified atom stereocenters. The summed E-state index contributed by atoms with van der Waals surface area (Å²) >= 11 is 0. The number of carbonyl (C=O) groups is 1. The van der Waals surface area contributed by atoms with Gasteiger partial charge in [0.2, 0.25) is 0 Å². The third-order valence-electron chi connectivity index (χ3n) is 3.23. The van der Waals surface area contributed by atoms with Crippen LogP contribution < -0.4 is 5.32 Å². The number of amides is 1. The van der Waals surface area contributed by atoms with Crippen LogP contribution in [0.3, 0.4) is 0 Å². The molecule has 5 N–H and O–H groups in total. The number of rotatable bonds is 3. The van der Waals surface area contributed by atoms with Crippen molar-refractivity contribution in [3.8, 4) is 0 Å². The fraction of sp³-hybridized carbons (Fsp3) is 0.462. The second-order valence-corrected chi connectivity index (χ2v) is 4.59. The molecule has 110 valence electrons. The molecule has 0 aliphatic carbocycles. The van der Waals surface area contributed by atoms with Gasteiger partial charge >= 0.3 is 0 Å². The number of aliphatic hydroxyl groups is 4. The van der Waals surface area contributed by atoms with E-state index in [1.807, 2.05) is 0 Å². The van der Waals surface area contributed by atoms with Crippen molar-refractivity contribution in [1.82, 2.24) is 5.32 Å². The number of hydrogen-bond acceptors (Lipinski definition) is 6. The van der Waals surface area contributed by atoms with Crippen LogP contribution in [0.2, 0.25) is 0 Å². The minimum Gasteiger partial charge on any atom is -0.394 e. The third kappa shape index (κ3) is 2.97. The maximum atomic E-state index is 11.9. The van der Waals surface area contributed by atoms with Crippen molar-refractivity contribution in [2.45, 2.75) is 30.6 Å². The maximum absolute atomic E-state index is 11.9. The first-order valence-corrected chi connectivity index (χ1v) is 6.21. The standard InChI is InChI=1S/C13H17NO6/c15-6-8-10(16)11(17)9(13(19)20-8)14-12(18)7-4-2-1-3-5-7/h1-5,8-11,13,15-17,19H,6H2,(H,14,18)/t8-,9+,10-,11-,13?/m1/s1. The average molecular weight is 283 g/mol. The smallest absolute Gasteiger partial charge is 0.251 e. The van der Waals surface area contributed by atoms with Crippen LogP contribution in [-0.2, 0) is 4.74 Å². The topological polar surface area (TPSA) is 119 Å². The molecular weight excluding hydrogens is 266 g/mol. The molecule has 5 atom stereocenters. The van der Waals surface area contributed by atoms with Gasteiger partial charge in [-0.3, -0.25) is 4.79 Å². The van der Waals surface area contributed by atoms with E-state index in [-0.39, 0.29) is 0 Å². The first-order chi connectivity index (χ1) is 9.54. The molecule has 1 heterocycles. The predicted octanol–water partition coefficient (Wildman–Crippen LogP) is -1.78. The van der Waals surface area contributed by atoms with Gasteiger partial charge in [-0.1, -0.05) is 18.2 Å². The fourth-order valence-corrected chi connectivity index (χ4v) is 2.08. The van der Waals surface area contributed by atoms with Crippen molar-refractivity contribution < 1.29 is 30.0 Å². The summed E-state index contributed by atoms with van der Waals surface area (Å²) < 4.78 is 4.95. The van der Waals surface area contributed by atoms with E-state index >= 15 is 0 Å². The lowest BCUT2D eigenvalue weighted by Gasteiger charge is -2.40. The minimum absolute atomic E-state index is 0.352. The molecule has 1 aliphatic heterocycles. The zero-order chi connectivity index (χ0) is 14.7. The van der Waals surface area contributed by atoms with Crippen LogP contribution in [0.5, 0.6) is 0 Å². The molecule has 1 aliphatic rings. The van der Waals surface area contributed by atoms with Gasteiger partial charge in [0.25, 0.3) is 5.91 Å². The van der Waals surface area contributed by atoms with Gasteiger partial charge in [-0.05, 0) is 12.1 Å². The highest BCUT2D eigenvalue weighted by Crippen LogP contribution is 2.20. The van der Waals surface area contributed by atoms with Gasteiger partial charge < -0.3 is 30.5 Å². The highest BCUT2D eigenvalue weighted by atomic mass is 16.6. The Morgan fingerprint density at radius 1 is 1.15 bits per heavy atom. The van der Waals surface area contributed by atoms with Gasteiger partial charge in [0.15, 0.2) is 6.29 Å². The summed E-state index contributed by atoms with van der Waals surface area (Å²) in [6.07, 6.45) is -5.45. The van der Waals surface area contributed by atoms with Gasteiger partial charge in [0.05, 0.1) is 6.61 Å². The predicted molar refractivity (Wildman–Crippen MR) is 67.7 cm³/mol. The van der Waals surface area contributed by atoms with Gasteiger partial charge in [0.1, 0.15) is 24.4 Å². The molecule has 0 spiro atoms. The summed E-state index contributed by atoms with van der Waals surface area (Å²) in [6.45, 7) is -0.547. The molecule has 1 aromatic carbocycles. The molecule has 7 nitrogen and oxygen atoms in total. The molecular formula is C13H17NO6. The molecule has 0 radical (unpaired) electrons. The third-order valence-corrected chi connectivity index (χ3v) is 3.23. The van der Waals surface area contributed by atoms with E-state index in [0.29, 0.717) is 5.56 Å². The van der Waals surface area contributed by atoms with E-state index in [1.165, 1.54) is 0 Å². The zero-order valence-corrected chi connectivity index (χ0v) is 10.6. The molecule has 7 heteroatoms. The zero-order valence-electron chi connectivity index (χ0n) is 10.6. The van der Waals surface area contributed by atoms with Crippen LogP contribution in [0.4, 0.5) is 0 Å². The van der Waals surface area contributed by atoms with Crippen molar-refractivity contribution in [3.05, 3.63) is 35.9 Å². The summed E-state index contributed by atoms with van der Waals surface area (Å²) in [5.74, 6) is -0.507.